The van der Waals surface area contributed by atoms with Crippen molar-refractivity contribution in [1.29, 1.82) is 0 Å². The number of benzene rings is 1. The van der Waals surface area contributed by atoms with Crippen LogP contribution in [0.25, 0.3) is 0 Å². The lowest BCUT2D eigenvalue weighted by Crippen LogP contribution is -2.43. The van der Waals surface area contributed by atoms with Gasteiger partial charge < -0.3 is 15.0 Å². The average Bonchev–Trinajstić information content (AvgIpc) is 3.26. The maximum atomic E-state index is 12.4. The van der Waals surface area contributed by atoms with E-state index in [2.05, 4.69) is 21.2 Å². The molecule has 2 aliphatic heterocycles. The second-order valence-corrected chi connectivity index (χ2v) is 9.15. The lowest BCUT2D eigenvalue weighted by Gasteiger charge is -2.36. The van der Waals surface area contributed by atoms with Crippen LogP contribution in [0, 0.1) is 6.92 Å². The summed E-state index contributed by atoms with van der Waals surface area (Å²) in [5.41, 5.74) is 1.97. The summed E-state index contributed by atoms with van der Waals surface area (Å²) < 4.78 is 6.28. The van der Waals surface area contributed by atoms with Crippen molar-refractivity contribution in [2.24, 2.45) is 0 Å². The Morgan fingerprint density at radius 1 is 1.00 bits per heavy atom. The molecule has 1 aliphatic carbocycles. The van der Waals surface area contributed by atoms with Gasteiger partial charge in [-0.1, -0.05) is 19.3 Å². The van der Waals surface area contributed by atoms with E-state index in [0.717, 1.165) is 49.0 Å². The summed E-state index contributed by atoms with van der Waals surface area (Å²) in [7, 11) is 0. The third-order valence-electron chi connectivity index (χ3n) is 6.91. The van der Waals surface area contributed by atoms with E-state index < -0.39 is 0 Å². The Bertz CT molecular complexity index is 673. The maximum absolute atomic E-state index is 12.4. The van der Waals surface area contributed by atoms with E-state index in [-0.39, 0.29) is 5.91 Å². The molecule has 0 radical (unpaired) electrons. The predicted molar refractivity (Wildman–Crippen MR) is 118 cm³/mol. The van der Waals surface area contributed by atoms with E-state index in [1.54, 1.807) is 0 Å². The number of ether oxygens (including phenoxy) is 1. The minimum absolute atomic E-state index is 0.0861. The van der Waals surface area contributed by atoms with Crippen LogP contribution in [0.4, 0.5) is 5.69 Å². The van der Waals surface area contributed by atoms with Crippen molar-refractivity contribution in [1.82, 2.24) is 9.80 Å². The van der Waals surface area contributed by atoms with Gasteiger partial charge in [-0.25, -0.2) is 0 Å². The molecule has 1 amide bonds. The van der Waals surface area contributed by atoms with Crippen LogP contribution in [0.2, 0.25) is 0 Å². The molecule has 5 heteroatoms. The molecule has 3 fully saturated rings. The number of likely N-dealkylation sites (tertiary alicyclic amines) is 2. The minimum Gasteiger partial charge on any atom is -0.490 e. The predicted octanol–water partition coefficient (Wildman–Crippen LogP) is 4.21. The Hall–Kier alpha value is -1.59. The lowest BCUT2D eigenvalue weighted by molar-refractivity contribution is -0.117. The molecule has 1 N–H and O–H groups in total. The Kier molecular flexibility index (Phi) is 7.09. The van der Waals surface area contributed by atoms with Gasteiger partial charge in [-0.2, -0.15) is 0 Å². The van der Waals surface area contributed by atoms with Gasteiger partial charge in [0.2, 0.25) is 5.91 Å². The molecular formula is C24H37N3O2. The summed E-state index contributed by atoms with van der Waals surface area (Å²) in [6.07, 6.45) is 11.8. The maximum Gasteiger partial charge on any atom is 0.238 e. The Morgan fingerprint density at radius 3 is 2.41 bits per heavy atom. The Balaban J connectivity index is 1.24. The first-order valence-corrected chi connectivity index (χ1v) is 11.7. The van der Waals surface area contributed by atoms with Crippen molar-refractivity contribution in [2.45, 2.75) is 76.9 Å². The molecule has 3 aliphatic rings. The smallest absolute Gasteiger partial charge is 0.238 e. The van der Waals surface area contributed by atoms with E-state index in [1.807, 2.05) is 19.1 Å². The van der Waals surface area contributed by atoms with E-state index in [9.17, 15) is 4.79 Å². The van der Waals surface area contributed by atoms with Crippen LogP contribution in [0.1, 0.15) is 63.4 Å². The van der Waals surface area contributed by atoms with Gasteiger partial charge >= 0.3 is 0 Å². The van der Waals surface area contributed by atoms with Gasteiger partial charge in [-0.3, -0.25) is 9.69 Å². The quantitative estimate of drug-likeness (QED) is 0.778. The van der Waals surface area contributed by atoms with Crippen molar-refractivity contribution in [3.8, 4) is 5.75 Å². The zero-order valence-corrected chi connectivity index (χ0v) is 18.0. The number of nitrogens with one attached hydrogen (secondary N) is 1. The second kappa shape index (κ2) is 9.94. The molecule has 1 saturated carbocycles. The molecule has 2 saturated heterocycles. The van der Waals surface area contributed by atoms with Crippen LogP contribution in [-0.4, -0.2) is 60.6 Å². The molecule has 160 valence electrons. The van der Waals surface area contributed by atoms with Crippen molar-refractivity contribution in [3.63, 3.8) is 0 Å². The Labute approximate surface area is 175 Å². The highest BCUT2D eigenvalue weighted by Crippen LogP contribution is 2.28. The molecule has 1 aromatic carbocycles. The number of carbonyl (C=O) groups is 1. The molecule has 0 bridgehead atoms. The van der Waals surface area contributed by atoms with Gasteiger partial charge in [0.1, 0.15) is 11.9 Å². The fourth-order valence-electron chi connectivity index (χ4n) is 5.18. The zero-order chi connectivity index (χ0) is 20.1. The minimum atomic E-state index is 0.0861. The molecule has 1 aromatic rings. The summed E-state index contributed by atoms with van der Waals surface area (Å²) in [4.78, 5) is 17.3. The van der Waals surface area contributed by atoms with Gasteiger partial charge in [0.05, 0.1) is 6.54 Å². The number of carbonyl (C=O) groups excluding carboxylic acids is 1. The van der Waals surface area contributed by atoms with E-state index >= 15 is 0 Å². The standard InChI is InChI=1S/C24H37N3O2/c1-19-17-22(29-21-11-15-27(16-12-21)20-7-3-4-8-20)9-10-23(19)25-24(28)18-26-13-5-2-6-14-26/h9-10,17,20-21H,2-8,11-16,18H2,1H3,(H,25,28). The summed E-state index contributed by atoms with van der Waals surface area (Å²) in [6.45, 7) is 6.96. The lowest BCUT2D eigenvalue weighted by atomic mass is 10.0. The third kappa shape index (κ3) is 5.73. The number of hydrogen-bond acceptors (Lipinski definition) is 4. The van der Waals surface area contributed by atoms with Gasteiger partial charge in [0.15, 0.2) is 0 Å². The summed E-state index contributed by atoms with van der Waals surface area (Å²) in [5.74, 6) is 1.01. The van der Waals surface area contributed by atoms with Crippen LogP contribution in [0.15, 0.2) is 18.2 Å². The van der Waals surface area contributed by atoms with E-state index in [4.69, 9.17) is 4.74 Å². The molecule has 0 spiro atoms. The Morgan fingerprint density at radius 2 is 1.72 bits per heavy atom. The molecule has 0 unspecified atom stereocenters. The van der Waals surface area contributed by atoms with Crippen LogP contribution in [0.5, 0.6) is 5.75 Å². The SMILES string of the molecule is Cc1cc(OC2CCN(C3CCCC3)CC2)ccc1NC(=O)CN1CCCCC1. The first-order chi connectivity index (χ1) is 14.2. The number of nitrogens with zero attached hydrogens (tertiary/aromatic N) is 2. The van der Waals surface area contributed by atoms with Gasteiger partial charge in [-0.05, 0) is 82.3 Å². The second-order valence-electron chi connectivity index (χ2n) is 9.15. The largest absolute Gasteiger partial charge is 0.490 e. The van der Waals surface area contributed by atoms with E-state index in [0.29, 0.717) is 12.6 Å². The van der Waals surface area contributed by atoms with Crippen LogP contribution in [0.3, 0.4) is 0 Å². The first-order valence-electron chi connectivity index (χ1n) is 11.7. The van der Waals surface area contributed by atoms with Crippen molar-refractivity contribution < 1.29 is 9.53 Å². The molecule has 0 atom stereocenters. The van der Waals surface area contributed by atoms with Crippen molar-refractivity contribution in [3.05, 3.63) is 23.8 Å². The topological polar surface area (TPSA) is 44.8 Å². The monoisotopic (exact) mass is 399 g/mol. The highest BCUT2D eigenvalue weighted by Gasteiger charge is 2.27. The van der Waals surface area contributed by atoms with Gasteiger partial charge in [-0.15, -0.1) is 0 Å². The highest BCUT2D eigenvalue weighted by atomic mass is 16.5. The number of anilines is 1. The van der Waals surface area contributed by atoms with Crippen molar-refractivity contribution in [2.75, 3.05) is 38.0 Å². The van der Waals surface area contributed by atoms with Crippen LogP contribution in [-0.2, 0) is 4.79 Å². The first kappa shape index (κ1) is 20.7. The van der Waals surface area contributed by atoms with Crippen LogP contribution >= 0.6 is 0 Å². The highest BCUT2D eigenvalue weighted by molar-refractivity contribution is 5.93. The summed E-state index contributed by atoms with van der Waals surface area (Å²) >= 11 is 0. The summed E-state index contributed by atoms with van der Waals surface area (Å²) in [5, 5.41) is 3.08. The average molecular weight is 400 g/mol. The third-order valence-corrected chi connectivity index (χ3v) is 6.91. The number of amides is 1. The number of aryl methyl sites for hydroxylation is 1. The fourth-order valence-corrected chi connectivity index (χ4v) is 5.18. The molecule has 29 heavy (non-hydrogen) atoms. The molecule has 2 heterocycles. The van der Waals surface area contributed by atoms with Gasteiger partial charge in [0, 0.05) is 24.8 Å². The van der Waals surface area contributed by atoms with Crippen molar-refractivity contribution >= 4 is 11.6 Å². The van der Waals surface area contributed by atoms with Gasteiger partial charge in [0.25, 0.3) is 0 Å². The van der Waals surface area contributed by atoms with E-state index in [1.165, 1.54) is 58.0 Å². The molecular weight excluding hydrogens is 362 g/mol. The zero-order valence-electron chi connectivity index (χ0n) is 18.0. The molecule has 0 aromatic heterocycles. The molecule has 5 nitrogen and oxygen atoms in total. The normalized spacial score (nSPS) is 22.7. The number of rotatable bonds is 6. The number of hydrogen-bond donors (Lipinski definition) is 1. The number of piperidine rings is 2. The summed E-state index contributed by atoms with van der Waals surface area (Å²) in [6, 6.07) is 6.89. The molecule has 4 rings (SSSR count). The fraction of sp³-hybridized carbons (Fsp3) is 0.708. The van der Waals surface area contributed by atoms with Crippen LogP contribution < -0.4 is 10.1 Å².